The predicted octanol–water partition coefficient (Wildman–Crippen LogP) is 2.66. The maximum Gasteiger partial charge on any atom is 0.307 e. The molecule has 22 heavy (non-hydrogen) atoms. The highest BCUT2D eigenvalue weighted by atomic mass is 16.6. The van der Waals surface area contributed by atoms with Crippen molar-refractivity contribution in [3.8, 4) is 0 Å². The summed E-state index contributed by atoms with van der Waals surface area (Å²) in [6.07, 6.45) is 7.74. The summed E-state index contributed by atoms with van der Waals surface area (Å²) in [5, 5.41) is 20.3. The number of aliphatic hydroxyl groups excluding tert-OH is 2. The van der Waals surface area contributed by atoms with Crippen molar-refractivity contribution in [1.82, 2.24) is 0 Å². The molecule has 1 saturated heterocycles. The van der Waals surface area contributed by atoms with Crippen LogP contribution < -0.4 is 0 Å². The molecule has 0 unspecified atom stereocenters. The summed E-state index contributed by atoms with van der Waals surface area (Å²) in [5.41, 5.74) is 1.68. The molecule has 2 rings (SSSR count). The number of carbonyl (C=O) groups excluding carboxylic acids is 1. The van der Waals surface area contributed by atoms with Gasteiger partial charge in [-0.2, -0.15) is 0 Å². The molecule has 0 saturated carbocycles. The third-order valence-electron chi connectivity index (χ3n) is 4.52. The Hall–Kier alpha value is -1.39. The molecule has 0 aromatic carbocycles. The average Bonchev–Trinajstić information content (AvgIpc) is 2.70. The number of hydrogen-bond acceptors (Lipinski definition) is 4. The van der Waals surface area contributed by atoms with E-state index in [-0.39, 0.29) is 12.4 Å². The van der Waals surface area contributed by atoms with Crippen molar-refractivity contribution in [3.05, 3.63) is 35.5 Å². The maximum atomic E-state index is 11.8. The lowest BCUT2D eigenvalue weighted by molar-refractivity contribution is -0.140. The molecule has 1 spiro atoms. The van der Waals surface area contributed by atoms with Crippen LogP contribution in [0, 0.1) is 5.41 Å². The van der Waals surface area contributed by atoms with E-state index < -0.39 is 23.7 Å². The molecular formula is C18H26O4. The molecule has 0 amide bonds. The van der Waals surface area contributed by atoms with Gasteiger partial charge < -0.3 is 14.9 Å². The summed E-state index contributed by atoms with van der Waals surface area (Å²) >= 11 is 0. The van der Waals surface area contributed by atoms with E-state index in [9.17, 15) is 15.0 Å². The molecule has 122 valence electrons. The molecule has 0 aromatic rings. The van der Waals surface area contributed by atoms with Gasteiger partial charge in [-0.3, -0.25) is 4.79 Å². The van der Waals surface area contributed by atoms with Crippen LogP contribution in [0.25, 0.3) is 0 Å². The minimum atomic E-state index is -0.769. The van der Waals surface area contributed by atoms with Gasteiger partial charge in [0.15, 0.2) is 0 Å². The Labute approximate surface area is 132 Å². The lowest BCUT2D eigenvalue weighted by Gasteiger charge is -2.38. The van der Waals surface area contributed by atoms with Gasteiger partial charge in [0, 0.05) is 0 Å². The zero-order valence-corrected chi connectivity index (χ0v) is 13.6. The first kappa shape index (κ1) is 17.0. The van der Waals surface area contributed by atoms with Gasteiger partial charge >= 0.3 is 5.97 Å². The van der Waals surface area contributed by atoms with Gasteiger partial charge in [-0.25, -0.2) is 0 Å². The van der Waals surface area contributed by atoms with Crippen LogP contribution >= 0.6 is 0 Å². The van der Waals surface area contributed by atoms with Gasteiger partial charge in [0.05, 0.1) is 24.0 Å². The third kappa shape index (κ3) is 3.68. The smallest absolute Gasteiger partial charge is 0.307 e. The summed E-state index contributed by atoms with van der Waals surface area (Å²) in [7, 11) is 0. The van der Waals surface area contributed by atoms with E-state index in [2.05, 4.69) is 19.9 Å². The number of allylic oxidation sites excluding steroid dienone is 3. The Balaban J connectivity index is 2.16. The molecule has 4 heteroatoms. The Morgan fingerprint density at radius 1 is 1.36 bits per heavy atom. The highest BCUT2D eigenvalue weighted by Gasteiger charge is 2.54. The van der Waals surface area contributed by atoms with E-state index in [0.29, 0.717) is 6.42 Å². The summed E-state index contributed by atoms with van der Waals surface area (Å²) in [6, 6.07) is 0. The summed E-state index contributed by atoms with van der Waals surface area (Å²) in [6.45, 7) is 6.15. The average molecular weight is 306 g/mol. The number of carbonyl (C=O) groups is 1. The van der Waals surface area contributed by atoms with Crippen LogP contribution in [-0.4, -0.2) is 34.5 Å². The second kappa shape index (κ2) is 6.80. The van der Waals surface area contributed by atoms with Gasteiger partial charge in [0.2, 0.25) is 0 Å². The molecule has 1 fully saturated rings. The minimum Gasteiger partial charge on any atom is -0.457 e. The van der Waals surface area contributed by atoms with Crippen molar-refractivity contribution in [3.63, 3.8) is 0 Å². The molecule has 1 aliphatic carbocycles. The molecule has 4 nitrogen and oxygen atoms in total. The first-order chi connectivity index (χ1) is 10.3. The molecular weight excluding hydrogens is 280 g/mol. The fourth-order valence-corrected chi connectivity index (χ4v) is 3.26. The van der Waals surface area contributed by atoms with Gasteiger partial charge in [0.1, 0.15) is 6.10 Å². The topological polar surface area (TPSA) is 66.8 Å². The zero-order valence-electron chi connectivity index (χ0n) is 13.6. The first-order valence-corrected chi connectivity index (χ1v) is 7.88. The van der Waals surface area contributed by atoms with E-state index in [1.807, 2.05) is 13.0 Å². The third-order valence-corrected chi connectivity index (χ3v) is 4.52. The van der Waals surface area contributed by atoms with Crippen LogP contribution in [0.5, 0.6) is 0 Å². The van der Waals surface area contributed by atoms with Crippen molar-refractivity contribution in [2.75, 3.05) is 0 Å². The van der Waals surface area contributed by atoms with Crippen molar-refractivity contribution >= 4 is 5.97 Å². The molecule has 2 aliphatic rings. The quantitative estimate of drug-likeness (QED) is 0.619. The van der Waals surface area contributed by atoms with Crippen LogP contribution in [0.1, 0.15) is 46.5 Å². The van der Waals surface area contributed by atoms with Gasteiger partial charge in [-0.1, -0.05) is 29.4 Å². The van der Waals surface area contributed by atoms with Gasteiger partial charge in [-0.05, 0) is 46.1 Å². The van der Waals surface area contributed by atoms with E-state index in [0.717, 1.165) is 18.4 Å². The second-order valence-electron chi connectivity index (χ2n) is 6.75. The van der Waals surface area contributed by atoms with Crippen molar-refractivity contribution in [2.24, 2.45) is 5.41 Å². The molecule has 1 heterocycles. The highest BCUT2D eigenvalue weighted by molar-refractivity contribution is 5.74. The second-order valence-corrected chi connectivity index (χ2v) is 6.75. The number of rotatable bonds is 4. The van der Waals surface area contributed by atoms with Crippen LogP contribution in [-0.2, 0) is 9.53 Å². The highest BCUT2D eigenvalue weighted by Crippen LogP contribution is 2.46. The van der Waals surface area contributed by atoms with E-state index >= 15 is 0 Å². The van der Waals surface area contributed by atoms with Crippen molar-refractivity contribution < 1.29 is 19.7 Å². The summed E-state index contributed by atoms with van der Waals surface area (Å²) < 4.78 is 5.44. The Morgan fingerprint density at radius 2 is 2.09 bits per heavy atom. The normalized spacial score (nSPS) is 34.9. The molecule has 2 N–H and O–H groups in total. The SMILES string of the molecule is CC(C)=CCC/C(C)=C/[C@H]1OC(=O)C[C@]12C[C@H](O)C=C[C@H]2O. The summed E-state index contributed by atoms with van der Waals surface area (Å²) in [4.78, 5) is 11.8. The molecule has 0 aromatic heterocycles. The summed E-state index contributed by atoms with van der Waals surface area (Å²) in [5.74, 6) is -0.306. The lowest BCUT2D eigenvalue weighted by atomic mass is 9.68. The fourth-order valence-electron chi connectivity index (χ4n) is 3.26. The van der Waals surface area contributed by atoms with Crippen LogP contribution in [0.3, 0.4) is 0 Å². The Bertz CT molecular complexity index is 513. The van der Waals surface area contributed by atoms with E-state index in [4.69, 9.17) is 4.74 Å². The molecule has 4 atom stereocenters. The predicted molar refractivity (Wildman–Crippen MR) is 85.1 cm³/mol. The number of aliphatic hydroxyl groups is 2. The fraction of sp³-hybridized carbons (Fsp3) is 0.611. The monoisotopic (exact) mass is 306 g/mol. The van der Waals surface area contributed by atoms with Crippen LogP contribution in [0.15, 0.2) is 35.5 Å². The standard InChI is InChI=1S/C18H26O4/c1-12(2)5-4-6-13(3)9-16-18(11-17(21)22-16)10-14(19)7-8-15(18)20/h5,7-9,14-16,19-20H,4,6,10-11H2,1-3H3/b13-9+/t14-,15-,16-,18+/m1/s1. The lowest BCUT2D eigenvalue weighted by Crippen LogP contribution is -2.45. The van der Waals surface area contributed by atoms with E-state index in [1.165, 1.54) is 5.57 Å². The van der Waals surface area contributed by atoms with E-state index in [1.54, 1.807) is 12.2 Å². The van der Waals surface area contributed by atoms with Crippen molar-refractivity contribution in [2.45, 2.75) is 64.8 Å². The Kier molecular flexibility index (Phi) is 5.24. The zero-order chi connectivity index (χ0) is 16.3. The number of ether oxygens (including phenoxy) is 1. The minimum absolute atomic E-state index is 0.151. The number of hydrogen-bond donors (Lipinski definition) is 2. The van der Waals surface area contributed by atoms with Gasteiger partial charge in [-0.15, -0.1) is 0 Å². The molecule has 0 radical (unpaired) electrons. The maximum absolute atomic E-state index is 11.8. The van der Waals surface area contributed by atoms with Gasteiger partial charge in [0.25, 0.3) is 0 Å². The van der Waals surface area contributed by atoms with Crippen molar-refractivity contribution in [1.29, 1.82) is 0 Å². The molecule has 1 aliphatic heterocycles. The largest absolute Gasteiger partial charge is 0.457 e. The Morgan fingerprint density at radius 3 is 2.77 bits per heavy atom. The van der Waals surface area contributed by atoms with Crippen LogP contribution in [0.2, 0.25) is 0 Å². The molecule has 0 bridgehead atoms. The number of esters is 1. The first-order valence-electron chi connectivity index (χ1n) is 7.88. The number of cyclic esters (lactones) is 1. The van der Waals surface area contributed by atoms with Crippen LogP contribution in [0.4, 0.5) is 0 Å².